The van der Waals surface area contributed by atoms with E-state index in [4.69, 9.17) is 14.2 Å². The van der Waals surface area contributed by atoms with Crippen LogP contribution in [0.2, 0.25) is 0 Å². The van der Waals surface area contributed by atoms with Gasteiger partial charge in [0.05, 0.1) is 19.8 Å². The lowest BCUT2D eigenvalue weighted by molar-refractivity contribution is 0.130. The summed E-state index contributed by atoms with van der Waals surface area (Å²) in [5.41, 5.74) is 1.22. The third-order valence-electron chi connectivity index (χ3n) is 4.64. The van der Waals surface area contributed by atoms with Crippen LogP contribution in [0.25, 0.3) is 0 Å². The van der Waals surface area contributed by atoms with E-state index in [1.807, 2.05) is 43.3 Å². The van der Waals surface area contributed by atoms with Crippen LogP contribution in [0.1, 0.15) is 18.5 Å². The van der Waals surface area contributed by atoms with Crippen molar-refractivity contribution in [3.63, 3.8) is 0 Å². The van der Waals surface area contributed by atoms with Crippen molar-refractivity contribution in [2.24, 2.45) is 0 Å². The van der Waals surface area contributed by atoms with Crippen molar-refractivity contribution in [3.8, 4) is 17.2 Å². The van der Waals surface area contributed by atoms with Gasteiger partial charge in [-0.05, 0) is 25.1 Å². The first kappa shape index (κ1) is 18.5. The molecule has 0 saturated carbocycles. The van der Waals surface area contributed by atoms with E-state index < -0.39 is 0 Å². The number of rotatable bonds is 8. The van der Waals surface area contributed by atoms with Crippen molar-refractivity contribution in [2.45, 2.75) is 13.0 Å². The molecule has 1 saturated heterocycles. The lowest BCUT2D eigenvalue weighted by Gasteiger charge is -2.37. The Morgan fingerprint density at radius 3 is 2.42 bits per heavy atom. The number of hydrogen-bond acceptors (Lipinski definition) is 5. The monoisotopic (exact) mass is 356 g/mol. The molecular formula is C21H28N2O3. The Hall–Kier alpha value is -2.24. The molecule has 1 heterocycles. The minimum absolute atomic E-state index is 0.283. The Morgan fingerprint density at radius 1 is 1.00 bits per heavy atom. The normalized spacial score (nSPS) is 17.7. The maximum atomic E-state index is 6.01. The average Bonchev–Trinajstić information content (AvgIpc) is 2.70. The molecule has 26 heavy (non-hydrogen) atoms. The highest BCUT2D eigenvalue weighted by Gasteiger charge is 2.25. The first-order valence-corrected chi connectivity index (χ1v) is 9.25. The summed E-state index contributed by atoms with van der Waals surface area (Å²) in [6.45, 7) is 6.97. The summed E-state index contributed by atoms with van der Waals surface area (Å²) in [7, 11) is 1.73. The highest BCUT2D eigenvalue weighted by molar-refractivity contribution is 5.39. The highest BCUT2D eigenvalue weighted by atomic mass is 16.5. The number of para-hydroxylation sites is 3. The first-order chi connectivity index (χ1) is 12.8. The van der Waals surface area contributed by atoms with Gasteiger partial charge in [0.25, 0.3) is 0 Å². The zero-order valence-corrected chi connectivity index (χ0v) is 15.6. The molecule has 1 aliphatic heterocycles. The van der Waals surface area contributed by atoms with Crippen LogP contribution in [0, 0.1) is 0 Å². The molecule has 2 aromatic carbocycles. The maximum absolute atomic E-state index is 6.01. The van der Waals surface area contributed by atoms with Crippen molar-refractivity contribution >= 4 is 0 Å². The molecule has 5 heteroatoms. The molecule has 3 rings (SSSR count). The number of ether oxygens (including phenoxy) is 3. The van der Waals surface area contributed by atoms with E-state index in [0.717, 1.165) is 43.4 Å². The van der Waals surface area contributed by atoms with Crippen molar-refractivity contribution in [3.05, 3.63) is 54.1 Å². The molecular weight excluding hydrogens is 328 g/mol. The summed E-state index contributed by atoms with van der Waals surface area (Å²) in [6.07, 6.45) is 0. The maximum Gasteiger partial charge on any atom is 0.161 e. The highest BCUT2D eigenvalue weighted by Crippen LogP contribution is 2.30. The van der Waals surface area contributed by atoms with Crippen LogP contribution in [0.5, 0.6) is 17.2 Å². The molecule has 140 valence electrons. The number of methoxy groups -OCH3 is 1. The van der Waals surface area contributed by atoms with Gasteiger partial charge >= 0.3 is 0 Å². The van der Waals surface area contributed by atoms with E-state index in [1.54, 1.807) is 7.11 Å². The molecule has 0 aliphatic carbocycles. The van der Waals surface area contributed by atoms with Crippen LogP contribution in [0.4, 0.5) is 0 Å². The number of benzene rings is 2. The number of hydrogen-bond donors (Lipinski definition) is 1. The van der Waals surface area contributed by atoms with E-state index in [9.17, 15) is 0 Å². The fourth-order valence-corrected chi connectivity index (χ4v) is 3.38. The molecule has 1 unspecified atom stereocenters. The molecule has 0 aromatic heterocycles. The van der Waals surface area contributed by atoms with Gasteiger partial charge in [-0.1, -0.05) is 30.3 Å². The fraction of sp³-hybridized carbons (Fsp3) is 0.429. The predicted molar refractivity (Wildman–Crippen MR) is 103 cm³/mol. The molecule has 0 bridgehead atoms. The molecule has 1 fully saturated rings. The quantitative estimate of drug-likeness (QED) is 0.787. The summed E-state index contributed by atoms with van der Waals surface area (Å²) < 4.78 is 17.2. The third-order valence-corrected chi connectivity index (χ3v) is 4.64. The summed E-state index contributed by atoms with van der Waals surface area (Å²) in [5.74, 6) is 2.55. The molecule has 0 radical (unpaired) electrons. The largest absolute Gasteiger partial charge is 0.496 e. The molecule has 1 atom stereocenters. The number of nitrogens with one attached hydrogen (secondary N) is 1. The Kier molecular flexibility index (Phi) is 6.75. The Bertz CT molecular complexity index is 692. The lowest BCUT2D eigenvalue weighted by atomic mass is 10.0. The van der Waals surface area contributed by atoms with Gasteiger partial charge in [0.1, 0.15) is 12.4 Å². The second kappa shape index (κ2) is 9.46. The van der Waals surface area contributed by atoms with E-state index in [1.165, 1.54) is 5.56 Å². The first-order valence-electron chi connectivity index (χ1n) is 9.25. The van der Waals surface area contributed by atoms with E-state index in [2.05, 4.69) is 22.3 Å². The van der Waals surface area contributed by atoms with Crippen LogP contribution in [-0.2, 0) is 0 Å². The van der Waals surface area contributed by atoms with Gasteiger partial charge < -0.3 is 19.5 Å². The van der Waals surface area contributed by atoms with Gasteiger partial charge in [0.15, 0.2) is 11.5 Å². The van der Waals surface area contributed by atoms with E-state index in [-0.39, 0.29) is 6.04 Å². The minimum Gasteiger partial charge on any atom is -0.496 e. The van der Waals surface area contributed by atoms with Gasteiger partial charge in [-0.25, -0.2) is 0 Å². The molecule has 0 amide bonds. The Labute approximate surface area is 155 Å². The minimum atomic E-state index is 0.283. The van der Waals surface area contributed by atoms with Crippen molar-refractivity contribution < 1.29 is 14.2 Å². The Morgan fingerprint density at radius 2 is 1.69 bits per heavy atom. The van der Waals surface area contributed by atoms with Crippen LogP contribution in [-0.4, -0.2) is 51.4 Å². The molecule has 0 spiro atoms. The second-order valence-electron chi connectivity index (χ2n) is 6.23. The zero-order chi connectivity index (χ0) is 18.2. The number of piperazine rings is 1. The van der Waals surface area contributed by atoms with Crippen LogP contribution >= 0.6 is 0 Å². The third kappa shape index (κ3) is 4.48. The van der Waals surface area contributed by atoms with Crippen molar-refractivity contribution in [2.75, 3.05) is 46.5 Å². The van der Waals surface area contributed by atoms with Crippen LogP contribution in [0.3, 0.4) is 0 Å². The van der Waals surface area contributed by atoms with Gasteiger partial charge in [0, 0.05) is 31.7 Å². The summed E-state index contributed by atoms with van der Waals surface area (Å²) in [5, 5.41) is 3.49. The zero-order valence-electron chi connectivity index (χ0n) is 15.6. The van der Waals surface area contributed by atoms with Crippen molar-refractivity contribution in [1.29, 1.82) is 0 Å². The Balaban J connectivity index is 1.64. The van der Waals surface area contributed by atoms with Gasteiger partial charge in [-0.3, -0.25) is 4.90 Å². The smallest absolute Gasteiger partial charge is 0.161 e. The SMILES string of the molecule is CCOc1ccccc1OCCN1CCNCC1c1ccccc1OC. The van der Waals surface area contributed by atoms with Gasteiger partial charge in [-0.2, -0.15) is 0 Å². The van der Waals surface area contributed by atoms with E-state index >= 15 is 0 Å². The standard InChI is InChI=1S/C21H28N2O3/c1-3-25-20-10-6-7-11-21(20)26-15-14-23-13-12-22-16-18(23)17-8-4-5-9-19(17)24-2/h4-11,18,22H,3,12-16H2,1-2H3. The molecule has 1 aliphatic rings. The fourth-order valence-electron chi connectivity index (χ4n) is 3.38. The van der Waals surface area contributed by atoms with Crippen LogP contribution in [0.15, 0.2) is 48.5 Å². The van der Waals surface area contributed by atoms with Crippen LogP contribution < -0.4 is 19.5 Å². The van der Waals surface area contributed by atoms with Gasteiger partial charge in [-0.15, -0.1) is 0 Å². The summed E-state index contributed by atoms with van der Waals surface area (Å²) >= 11 is 0. The second-order valence-corrected chi connectivity index (χ2v) is 6.23. The summed E-state index contributed by atoms with van der Waals surface area (Å²) in [4.78, 5) is 2.46. The van der Waals surface area contributed by atoms with Gasteiger partial charge in [0.2, 0.25) is 0 Å². The predicted octanol–water partition coefficient (Wildman–Crippen LogP) is 3.12. The topological polar surface area (TPSA) is 43.0 Å². The average molecular weight is 356 g/mol. The van der Waals surface area contributed by atoms with E-state index in [0.29, 0.717) is 13.2 Å². The summed E-state index contributed by atoms with van der Waals surface area (Å²) in [6, 6.07) is 16.4. The van der Waals surface area contributed by atoms with Crippen molar-refractivity contribution in [1.82, 2.24) is 10.2 Å². The number of nitrogens with zero attached hydrogens (tertiary/aromatic N) is 1. The molecule has 2 aromatic rings. The lowest BCUT2D eigenvalue weighted by Crippen LogP contribution is -2.47. The molecule has 1 N–H and O–H groups in total. The molecule has 5 nitrogen and oxygen atoms in total.